The molecule has 1 fully saturated rings. The van der Waals surface area contributed by atoms with Crippen LogP contribution in [-0.4, -0.2) is 67.6 Å². The average molecular weight is 282 g/mol. The maximum absolute atomic E-state index is 4.61. The van der Waals surface area contributed by atoms with Crippen molar-refractivity contribution in [3.63, 3.8) is 0 Å². The monoisotopic (exact) mass is 282 g/mol. The fourth-order valence-corrected chi connectivity index (χ4v) is 3.69. The van der Waals surface area contributed by atoms with Gasteiger partial charge in [0.15, 0.2) is 0 Å². The highest BCUT2D eigenvalue weighted by atomic mass is 32.1. The first kappa shape index (κ1) is 14.9. The van der Waals surface area contributed by atoms with Crippen LogP contribution < -0.4 is 5.32 Å². The Bertz CT molecular complexity index is 393. The lowest BCUT2D eigenvalue weighted by Gasteiger charge is -2.34. The molecule has 0 spiro atoms. The Morgan fingerprint density at radius 3 is 2.89 bits per heavy atom. The third-order valence-electron chi connectivity index (χ3n) is 4.01. The molecule has 2 atom stereocenters. The van der Waals surface area contributed by atoms with Crippen LogP contribution in [-0.2, 0) is 6.42 Å². The van der Waals surface area contributed by atoms with Gasteiger partial charge < -0.3 is 15.1 Å². The third kappa shape index (κ3) is 3.99. The molecule has 0 amide bonds. The molecule has 2 heterocycles. The van der Waals surface area contributed by atoms with Gasteiger partial charge in [0.25, 0.3) is 0 Å². The second-order valence-electron chi connectivity index (χ2n) is 5.65. The van der Waals surface area contributed by atoms with Crippen LogP contribution in [0.15, 0.2) is 5.38 Å². The fraction of sp³-hybridized carbons (Fsp3) is 0.786. The fourth-order valence-electron chi connectivity index (χ4n) is 2.86. The molecular formula is C14H26N4S. The minimum Gasteiger partial charge on any atom is -0.315 e. The van der Waals surface area contributed by atoms with Crippen molar-refractivity contribution in [3.05, 3.63) is 16.1 Å². The van der Waals surface area contributed by atoms with Gasteiger partial charge in [0.2, 0.25) is 0 Å². The summed E-state index contributed by atoms with van der Waals surface area (Å²) < 4.78 is 0. The number of likely N-dealkylation sites (N-methyl/N-ethyl adjacent to an activating group) is 3. The van der Waals surface area contributed by atoms with Crippen LogP contribution in [0.2, 0.25) is 0 Å². The van der Waals surface area contributed by atoms with Crippen LogP contribution in [0.5, 0.6) is 0 Å². The molecule has 0 bridgehead atoms. The number of aryl methyl sites for hydroxylation is 1. The molecule has 1 aliphatic rings. The van der Waals surface area contributed by atoms with Crippen molar-refractivity contribution in [2.24, 2.45) is 0 Å². The maximum Gasteiger partial charge on any atom is 0.0944 e. The number of hydrogen-bond acceptors (Lipinski definition) is 5. The van der Waals surface area contributed by atoms with Gasteiger partial charge >= 0.3 is 0 Å². The predicted molar refractivity (Wildman–Crippen MR) is 81.9 cm³/mol. The summed E-state index contributed by atoms with van der Waals surface area (Å²) in [5, 5.41) is 6.90. The van der Waals surface area contributed by atoms with E-state index in [1.165, 1.54) is 24.5 Å². The highest BCUT2D eigenvalue weighted by Crippen LogP contribution is 2.16. The zero-order chi connectivity index (χ0) is 13.8. The van der Waals surface area contributed by atoms with Crippen molar-refractivity contribution in [3.8, 4) is 0 Å². The molecule has 1 aromatic rings. The van der Waals surface area contributed by atoms with E-state index in [4.69, 9.17) is 0 Å². The summed E-state index contributed by atoms with van der Waals surface area (Å²) in [5.41, 5.74) is 1.14. The minimum atomic E-state index is 0.469. The SMILES string of the molecule is CNC(Cc1nc(C)cs1)C1CN(C)CCCN1C. The van der Waals surface area contributed by atoms with Gasteiger partial charge in [-0.25, -0.2) is 4.98 Å². The molecule has 0 saturated carbocycles. The van der Waals surface area contributed by atoms with Crippen LogP contribution in [0.3, 0.4) is 0 Å². The molecule has 2 unspecified atom stereocenters. The van der Waals surface area contributed by atoms with E-state index < -0.39 is 0 Å². The van der Waals surface area contributed by atoms with Crippen LogP contribution in [0.4, 0.5) is 0 Å². The van der Waals surface area contributed by atoms with Crippen molar-refractivity contribution in [2.75, 3.05) is 40.8 Å². The lowest BCUT2D eigenvalue weighted by molar-refractivity contribution is 0.181. The van der Waals surface area contributed by atoms with Crippen molar-refractivity contribution in [1.29, 1.82) is 0 Å². The summed E-state index contributed by atoms with van der Waals surface area (Å²) >= 11 is 1.78. The molecule has 108 valence electrons. The maximum atomic E-state index is 4.61. The normalized spacial score (nSPS) is 24.3. The number of aromatic nitrogens is 1. The van der Waals surface area contributed by atoms with Gasteiger partial charge in [-0.05, 0) is 47.6 Å². The Hall–Kier alpha value is -0.490. The molecule has 5 heteroatoms. The van der Waals surface area contributed by atoms with Gasteiger partial charge in [-0.1, -0.05) is 0 Å². The Balaban J connectivity index is 2.06. The van der Waals surface area contributed by atoms with Crippen LogP contribution in [0.1, 0.15) is 17.1 Å². The number of hydrogen-bond donors (Lipinski definition) is 1. The van der Waals surface area contributed by atoms with E-state index in [1.54, 1.807) is 11.3 Å². The van der Waals surface area contributed by atoms with Crippen molar-refractivity contribution >= 4 is 11.3 Å². The molecule has 1 saturated heterocycles. The van der Waals surface area contributed by atoms with E-state index in [2.05, 4.69) is 53.5 Å². The summed E-state index contributed by atoms with van der Waals surface area (Å²) in [6, 6.07) is 1.03. The highest BCUT2D eigenvalue weighted by Gasteiger charge is 2.28. The molecule has 2 rings (SSSR count). The summed E-state index contributed by atoms with van der Waals surface area (Å²) in [4.78, 5) is 9.56. The number of nitrogens with zero attached hydrogens (tertiary/aromatic N) is 3. The second kappa shape index (κ2) is 6.79. The molecule has 4 nitrogen and oxygen atoms in total. The van der Waals surface area contributed by atoms with E-state index >= 15 is 0 Å². The molecule has 1 aromatic heterocycles. The largest absolute Gasteiger partial charge is 0.315 e. The summed E-state index contributed by atoms with van der Waals surface area (Å²) in [6.45, 7) is 5.59. The Labute approximate surface area is 120 Å². The van der Waals surface area contributed by atoms with E-state index in [9.17, 15) is 0 Å². The van der Waals surface area contributed by atoms with Gasteiger partial charge in [0.1, 0.15) is 0 Å². The summed E-state index contributed by atoms with van der Waals surface area (Å²) in [6.07, 6.45) is 2.29. The van der Waals surface area contributed by atoms with Gasteiger partial charge in [0, 0.05) is 36.1 Å². The summed E-state index contributed by atoms with van der Waals surface area (Å²) in [5.74, 6) is 0. The zero-order valence-corrected chi connectivity index (χ0v) is 13.3. The van der Waals surface area contributed by atoms with E-state index in [0.717, 1.165) is 18.7 Å². The van der Waals surface area contributed by atoms with Crippen molar-refractivity contribution < 1.29 is 0 Å². The quantitative estimate of drug-likeness (QED) is 0.900. The minimum absolute atomic E-state index is 0.469. The molecule has 19 heavy (non-hydrogen) atoms. The molecule has 0 aromatic carbocycles. The lowest BCUT2D eigenvalue weighted by atomic mass is 10.0. The first-order valence-corrected chi connectivity index (χ1v) is 7.95. The second-order valence-corrected chi connectivity index (χ2v) is 6.59. The van der Waals surface area contributed by atoms with Crippen LogP contribution in [0, 0.1) is 6.92 Å². The zero-order valence-electron chi connectivity index (χ0n) is 12.5. The number of rotatable bonds is 4. The lowest BCUT2D eigenvalue weighted by Crippen LogP contribution is -2.52. The van der Waals surface area contributed by atoms with E-state index in [-0.39, 0.29) is 0 Å². The predicted octanol–water partition coefficient (Wildman–Crippen LogP) is 1.22. The van der Waals surface area contributed by atoms with Crippen molar-refractivity contribution in [2.45, 2.75) is 31.8 Å². The van der Waals surface area contributed by atoms with Crippen LogP contribution in [0.25, 0.3) is 0 Å². The van der Waals surface area contributed by atoms with E-state index in [0.29, 0.717) is 12.1 Å². The summed E-state index contributed by atoms with van der Waals surface area (Å²) in [7, 11) is 6.55. The third-order valence-corrected chi connectivity index (χ3v) is 5.00. The molecular weight excluding hydrogens is 256 g/mol. The molecule has 0 radical (unpaired) electrons. The topological polar surface area (TPSA) is 31.4 Å². The average Bonchev–Trinajstić information content (AvgIpc) is 2.70. The molecule has 1 aliphatic heterocycles. The Morgan fingerprint density at radius 1 is 1.47 bits per heavy atom. The van der Waals surface area contributed by atoms with Gasteiger partial charge in [-0.15, -0.1) is 11.3 Å². The van der Waals surface area contributed by atoms with Gasteiger partial charge in [0.05, 0.1) is 5.01 Å². The molecule has 0 aliphatic carbocycles. The Morgan fingerprint density at radius 2 is 2.26 bits per heavy atom. The highest BCUT2D eigenvalue weighted by molar-refractivity contribution is 7.09. The standard InChI is InChI=1S/C14H26N4S/c1-11-10-19-14(16-11)8-12(15-2)13-9-17(3)6-5-7-18(13)4/h10,12-13,15H,5-9H2,1-4H3. The number of thiazole rings is 1. The smallest absolute Gasteiger partial charge is 0.0944 e. The van der Waals surface area contributed by atoms with Gasteiger partial charge in [-0.3, -0.25) is 0 Å². The number of nitrogens with one attached hydrogen (secondary N) is 1. The van der Waals surface area contributed by atoms with Crippen molar-refractivity contribution in [1.82, 2.24) is 20.1 Å². The first-order valence-electron chi connectivity index (χ1n) is 7.07. The van der Waals surface area contributed by atoms with Gasteiger partial charge in [-0.2, -0.15) is 0 Å². The van der Waals surface area contributed by atoms with E-state index in [1.807, 2.05) is 0 Å². The Kier molecular flexibility index (Phi) is 5.33. The molecule has 1 N–H and O–H groups in total. The van der Waals surface area contributed by atoms with Crippen LogP contribution >= 0.6 is 11.3 Å². The first-order chi connectivity index (χ1) is 9.10.